The molecule has 1 saturated heterocycles. The Morgan fingerprint density at radius 3 is 2.73 bits per heavy atom. The van der Waals surface area contributed by atoms with Gasteiger partial charge >= 0.3 is 0 Å². The number of aryl methyl sites for hydroxylation is 1. The molecule has 6 heteroatoms. The summed E-state index contributed by atoms with van der Waals surface area (Å²) in [5, 5.41) is 6.69. The quantitative estimate of drug-likeness (QED) is 0.236. The molecule has 1 aromatic carbocycles. The molecule has 2 N–H and O–H groups in total. The summed E-state index contributed by atoms with van der Waals surface area (Å²) in [6, 6.07) is 8.50. The molecule has 0 amide bonds. The van der Waals surface area contributed by atoms with Crippen molar-refractivity contribution in [2.24, 2.45) is 4.99 Å². The van der Waals surface area contributed by atoms with Crippen molar-refractivity contribution in [2.45, 2.75) is 52.2 Å². The van der Waals surface area contributed by atoms with Crippen molar-refractivity contribution in [3.63, 3.8) is 0 Å². The fourth-order valence-electron chi connectivity index (χ4n) is 2.93. The average Bonchev–Trinajstić information content (AvgIpc) is 3.16. The fraction of sp³-hybridized carbons (Fsp3) is 0.650. The number of guanidine groups is 1. The molecule has 1 heterocycles. The van der Waals surface area contributed by atoms with Gasteiger partial charge < -0.3 is 20.1 Å². The molecule has 0 radical (unpaired) electrons. The molecule has 1 aliphatic heterocycles. The Hall–Kier alpha value is -0.860. The summed E-state index contributed by atoms with van der Waals surface area (Å²) < 4.78 is 11.2. The van der Waals surface area contributed by atoms with E-state index in [1.165, 1.54) is 17.5 Å². The largest absolute Gasteiger partial charge is 0.379 e. The van der Waals surface area contributed by atoms with Crippen molar-refractivity contribution in [1.82, 2.24) is 10.6 Å². The Morgan fingerprint density at radius 1 is 1.23 bits per heavy atom. The lowest BCUT2D eigenvalue weighted by molar-refractivity contribution is 0.0168. The van der Waals surface area contributed by atoms with Gasteiger partial charge in [-0.05, 0) is 43.7 Å². The summed E-state index contributed by atoms with van der Waals surface area (Å²) in [6.07, 6.45) is 4.61. The lowest BCUT2D eigenvalue weighted by atomic mass is 10.1. The van der Waals surface area contributed by atoms with Gasteiger partial charge in [0.1, 0.15) is 0 Å². The van der Waals surface area contributed by atoms with Crippen molar-refractivity contribution >= 4 is 29.9 Å². The zero-order chi connectivity index (χ0) is 17.7. The SMILES string of the molecule is CCNC(=NCc1ccccc1CC)NCCCOCC1CCCO1.I. The van der Waals surface area contributed by atoms with E-state index >= 15 is 0 Å². The van der Waals surface area contributed by atoms with Gasteiger partial charge in [-0.1, -0.05) is 31.2 Å². The predicted molar refractivity (Wildman–Crippen MR) is 118 cm³/mol. The predicted octanol–water partition coefficient (Wildman–Crippen LogP) is 3.51. The third kappa shape index (κ3) is 8.68. The molecule has 1 aliphatic rings. The van der Waals surface area contributed by atoms with E-state index < -0.39 is 0 Å². The standard InChI is InChI=1S/C20H33N3O2.HI/c1-3-17-9-5-6-10-18(17)15-23-20(21-4-2)22-12-8-13-24-16-19-11-7-14-25-19;/h5-6,9-10,19H,3-4,7-8,11-16H2,1-2H3,(H2,21,22,23);1H. The van der Waals surface area contributed by atoms with Gasteiger partial charge in [0.15, 0.2) is 5.96 Å². The van der Waals surface area contributed by atoms with Gasteiger partial charge in [-0.15, -0.1) is 24.0 Å². The Labute approximate surface area is 175 Å². The molecule has 1 aromatic rings. The first-order valence-corrected chi connectivity index (χ1v) is 9.61. The minimum atomic E-state index is 0. The van der Waals surface area contributed by atoms with Gasteiger partial charge in [-0.25, -0.2) is 4.99 Å². The highest BCUT2D eigenvalue weighted by molar-refractivity contribution is 14.0. The van der Waals surface area contributed by atoms with Crippen LogP contribution in [0.25, 0.3) is 0 Å². The molecule has 2 rings (SSSR count). The Morgan fingerprint density at radius 2 is 2.04 bits per heavy atom. The van der Waals surface area contributed by atoms with E-state index in [1.807, 2.05) is 0 Å². The number of rotatable bonds is 10. The highest BCUT2D eigenvalue weighted by Crippen LogP contribution is 2.12. The lowest BCUT2D eigenvalue weighted by Crippen LogP contribution is -2.38. The third-order valence-corrected chi connectivity index (χ3v) is 4.34. The molecule has 0 bridgehead atoms. The summed E-state index contributed by atoms with van der Waals surface area (Å²) in [5.74, 6) is 0.868. The van der Waals surface area contributed by atoms with Crippen molar-refractivity contribution in [1.29, 1.82) is 0 Å². The summed E-state index contributed by atoms with van der Waals surface area (Å²) in [5.41, 5.74) is 2.66. The first-order chi connectivity index (χ1) is 12.3. The molecule has 0 aromatic heterocycles. The number of nitrogens with zero attached hydrogens (tertiary/aromatic N) is 1. The maximum absolute atomic E-state index is 5.69. The number of nitrogens with one attached hydrogen (secondary N) is 2. The van der Waals surface area contributed by atoms with Crippen LogP contribution in [-0.2, 0) is 22.4 Å². The van der Waals surface area contributed by atoms with Crippen LogP contribution in [0, 0.1) is 0 Å². The van der Waals surface area contributed by atoms with E-state index in [9.17, 15) is 0 Å². The van der Waals surface area contributed by atoms with Crippen LogP contribution < -0.4 is 10.6 Å². The molecule has 0 saturated carbocycles. The number of hydrogen-bond donors (Lipinski definition) is 2. The number of hydrogen-bond acceptors (Lipinski definition) is 3. The number of aliphatic imine (C=N–C) groups is 1. The normalized spacial score (nSPS) is 17.0. The summed E-state index contributed by atoms with van der Waals surface area (Å²) >= 11 is 0. The maximum Gasteiger partial charge on any atom is 0.191 e. The molecule has 1 unspecified atom stereocenters. The minimum Gasteiger partial charge on any atom is -0.379 e. The number of benzene rings is 1. The highest BCUT2D eigenvalue weighted by atomic mass is 127. The van der Waals surface area contributed by atoms with Crippen LogP contribution in [-0.4, -0.2) is 45.0 Å². The van der Waals surface area contributed by atoms with Gasteiger partial charge in [0, 0.05) is 26.3 Å². The lowest BCUT2D eigenvalue weighted by Gasteiger charge is -2.13. The van der Waals surface area contributed by atoms with E-state index in [0.717, 1.165) is 58.1 Å². The van der Waals surface area contributed by atoms with E-state index in [2.05, 4.69) is 48.7 Å². The van der Waals surface area contributed by atoms with Crippen molar-refractivity contribution < 1.29 is 9.47 Å². The minimum absolute atomic E-state index is 0. The van der Waals surface area contributed by atoms with Gasteiger partial charge in [-0.3, -0.25) is 0 Å². The van der Waals surface area contributed by atoms with Crippen LogP contribution in [0.4, 0.5) is 0 Å². The first-order valence-electron chi connectivity index (χ1n) is 9.61. The highest BCUT2D eigenvalue weighted by Gasteiger charge is 2.14. The molecular formula is C20H34IN3O2. The zero-order valence-electron chi connectivity index (χ0n) is 16.1. The topological polar surface area (TPSA) is 54.9 Å². The third-order valence-electron chi connectivity index (χ3n) is 4.34. The summed E-state index contributed by atoms with van der Waals surface area (Å²) in [4.78, 5) is 4.71. The second-order valence-electron chi connectivity index (χ2n) is 6.31. The average molecular weight is 475 g/mol. The van der Waals surface area contributed by atoms with Crippen LogP contribution in [0.3, 0.4) is 0 Å². The Kier molecular flexibility index (Phi) is 12.7. The number of ether oxygens (including phenoxy) is 2. The van der Waals surface area contributed by atoms with Crippen molar-refractivity contribution in [3.05, 3.63) is 35.4 Å². The second-order valence-corrected chi connectivity index (χ2v) is 6.31. The molecule has 148 valence electrons. The van der Waals surface area contributed by atoms with E-state index in [4.69, 9.17) is 14.5 Å². The smallest absolute Gasteiger partial charge is 0.191 e. The van der Waals surface area contributed by atoms with Crippen LogP contribution in [0.15, 0.2) is 29.3 Å². The van der Waals surface area contributed by atoms with Crippen LogP contribution in [0.1, 0.15) is 44.2 Å². The van der Waals surface area contributed by atoms with Gasteiger partial charge in [0.05, 0.1) is 19.3 Å². The van der Waals surface area contributed by atoms with Crippen LogP contribution >= 0.6 is 24.0 Å². The Bertz CT molecular complexity index is 520. The van der Waals surface area contributed by atoms with Crippen LogP contribution in [0.2, 0.25) is 0 Å². The van der Waals surface area contributed by atoms with Gasteiger partial charge in [0.25, 0.3) is 0 Å². The summed E-state index contributed by atoms with van der Waals surface area (Å²) in [7, 11) is 0. The van der Waals surface area contributed by atoms with Crippen molar-refractivity contribution in [3.8, 4) is 0 Å². The van der Waals surface area contributed by atoms with E-state index in [-0.39, 0.29) is 24.0 Å². The van der Waals surface area contributed by atoms with E-state index in [0.29, 0.717) is 12.6 Å². The zero-order valence-corrected chi connectivity index (χ0v) is 18.5. The Balaban J connectivity index is 0.00000338. The van der Waals surface area contributed by atoms with E-state index in [1.54, 1.807) is 0 Å². The molecular weight excluding hydrogens is 441 g/mol. The van der Waals surface area contributed by atoms with Gasteiger partial charge in [-0.2, -0.15) is 0 Å². The molecule has 1 fully saturated rings. The molecule has 5 nitrogen and oxygen atoms in total. The van der Waals surface area contributed by atoms with Gasteiger partial charge in [0.2, 0.25) is 0 Å². The number of halogens is 1. The molecule has 26 heavy (non-hydrogen) atoms. The second kappa shape index (κ2) is 14.2. The monoisotopic (exact) mass is 475 g/mol. The molecule has 0 aliphatic carbocycles. The first kappa shape index (κ1) is 23.2. The maximum atomic E-state index is 5.69. The molecule has 0 spiro atoms. The molecule has 1 atom stereocenters. The van der Waals surface area contributed by atoms with Crippen LogP contribution in [0.5, 0.6) is 0 Å². The fourth-order valence-corrected chi connectivity index (χ4v) is 2.93. The van der Waals surface area contributed by atoms with Crippen molar-refractivity contribution in [2.75, 3.05) is 32.9 Å². The summed E-state index contributed by atoms with van der Waals surface area (Å²) in [6.45, 7) is 9.05.